The average Bonchev–Trinajstić information content (AvgIpc) is 2.76. The first-order valence-electron chi connectivity index (χ1n) is 6.00. The summed E-state index contributed by atoms with van der Waals surface area (Å²) in [4.78, 5) is 5.57. The summed E-state index contributed by atoms with van der Waals surface area (Å²) in [5, 5.41) is 4.38. The van der Waals surface area contributed by atoms with Gasteiger partial charge in [0.15, 0.2) is 0 Å². The van der Waals surface area contributed by atoms with Crippen molar-refractivity contribution < 1.29 is 0 Å². The second-order valence-corrected chi connectivity index (χ2v) is 5.73. The minimum atomic E-state index is 0.218. The van der Waals surface area contributed by atoms with Crippen LogP contribution in [0.15, 0.2) is 29.8 Å². The maximum Gasteiger partial charge on any atom is 0.0798 e. The number of aromatic nitrogens is 1. The van der Waals surface area contributed by atoms with E-state index in [1.807, 2.05) is 30.6 Å². The summed E-state index contributed by atoms with van der Waals surface area (Å²) in [5.41, 5.74) is 4.13. The first-order valence-corrected chi connectivity index (χ1v) is 7.25. The third-order valence-electron chi connectivity index (χ3n) is 3.05. The molecule has 4 heteroatoms. The van der Waals surface area contributed by atoms with Crippen LogP contribution < -0.4 is 5.32 Å². The van der Waals surface area contributed by atoms with Crippen molar-refractivity contribution in [1.82, 2.24) is 10.3 Å². The third-order valence-corrected chi connectivity index (χ3v) is 4.51. The second kappa shape index (κ2) is 5.83. The molecule has 1 aromatic carbocycles. The molecular weight excluding hydrogens is 264 g/mol. The van der Waals surface area contributed by atoms with Crippen molar-refractivity contribution >= 4 is 22.9 Å². The van der Waals surface area contributed by atoms with Crippen molar-refractivity contribution in [3.63, 3.8) is 0 Å². The molecule has 0 spiro atoms. The lowest BCUT2D eigenvalue weighted by Gasteiger charge is -2.20. The van der Waals surface area contributed by atoms with E-state index in [9.17, 15) is 0 Å². The van der Waals surface area contributed by atoms with Crippen LogP contribution in [0.3, 0.4) is 0 Å². The van der Waals surface area contributed by atoms with Gasteiger partial charge in [-0.05, 0) is 32.4 Å². The lowest BCUT2D eigenvalue weighted by atomic mass is 10.1. The number of halogens is 1. The van der Waals surface area contributed by atoms with Gasteiger partial charge in [0.05, 0.1) is 11.2 Å². The molecule has 0 aliphatic carbocycles. The number of hydrogen-bond acceptors (Lipinski definition) is 3. The number of aryl methyl sites for hydroxylation is 1. The van der Waals surface area contributed by atoms with Gasteiger partial charge >= 0.3 is 0 Å². The van der Waals surface area contributed by atoms with E-state index in [4.69, 9.17) is 11.6 Å². The summed E-state index contributed by atoms with van der Waals surface area (Å²) < 4.78 is 0. The van der Waals surface area contributed by atoms with E-state index in [0.29, 0.717) is 0 Å². The van der Waals surface area contributed by atoms with E-state index in [1.165, 1.54) is 4.88 Å². The van der Waals surface area contributed by atoms with Crippen molar-refractivity contribution in [1.29, 1.82) is 0 Å². The molecule has 0 saturated heterocycles. The number of nitrogens with zero attached hydrogens (tertiary/aromatic N) is 1. The minimum Gasteiger partial charge on any atom is -0.303 e. The Balaban J connectivity index is 2.11. The fraction of sp³-hybridized carbons (Fsp3) is 0.357. The molecule has 2 aromatic rings. The van der Waals surface area contributed by atoms with E-state index in [0.717, 1.165) is 16.3 Å². The number of benzene rings is 1. The first kappa shape index (κ1) is 13.5. The summed E-state index contributed by atoms with van der Waals surface area (Å²) >= 11 is 7.90. The van der Waals surface area contributed by atoms with Crippen LogP contribution in [0, 0.1) is 6.92 Å². The Morgan fingerprint density at radius 2 is 1.94 bits per heavy atom. The molecule has 1 heterocycles. The van der Waals surface area contributed by atoms with E-state index in [2.05, 4.69) is 30.2 Å². The molecule has 0 radical (unpaired) electrons. The minimum absolute atomic E-state index is 0.218. The maximum atomic E-state index is 6.21. The van der Waals surface area contributed by atoms with Crippen molar-refractivity contribution in [3.05, 3.63) is 50.9 Å². The third kappa shape index (κ3) is 2.91. The van der Waals surface area contributed by atoms with E-state index in [-0.39, 0.29) is 12.1 Å². The van der Waals surface area contributed by atoms with Gasteiger partial charge in [-0.25, -0.2) is 4.98 Å². The lowest BCUT2D eigenvalue weighted by molar-refractivity contribution is 0.498. The highest BCUT2D eigenvalue weighted by Crippen LogP contribution is 2.27. The molecule has 2 rings (SSSR count). The molecule has 0 fully saturated rings. The molecule has 0 saturated carbocycles. The summed E-state index contributed by atoms with van der Waals surface area (Å²) in [7, 11) is 0. The zero-order valence-corrected chi connectivity index (χ0v) is 12.3. The molecule has 1 unspecified atom stereocenters. The van der Waals surface area contributed by atoms with Gasteiger partial charge in [-0.1, -0.05) is 29.8 Å². The highest BCUT2D eigenvalue weighted by Gasteiger charge is 2.15. The average molecular weight is 281 g/mol. The molecule has 2 atom stereocenters. The summed E-state index contributed by atoms with van der Waals surface area (Å²) in [6, 6.07) is 8.46. The molecule has 0 aliphatic heterocycles. The van der Waals surface area contributed by atoms with E-state index >= 15 is 0 Å². The van der Waals surface area contributed by atoms with Gasteiger partial charge in [0.2, 0.25) is 0 Å². The topological polar surface area (TPSA) is 24.9 Å². The van der Waals surface area contributed by atoms with Crippen LogP contribution in [-0.4, -0.2) is 4.98 Å². The normalized spacial score (nSPS) is 14.4. The largest absolute Gasteiger partial charge is 0.303 e. The van der Waals surface area contributed by atoms with Crippen LogP contribution in [0.4, 0.5) is 0 Å². The maximum absolute atomic E-state index is 6.21. The molecule has 0 bridgehead atoms. The smallest absolute Gasteiger partial charge is 0.0798 e. The zero-order valence-electron chi connectivity index (χ0n) is 10.8. The molecule has 2 nitrogen and oxygen atoms in total. The Morgan fingerprint density at radius 1 is 1.22 bits per heavy atom. The summed E-state index contributed by atoms with van der Waals surface area (Å²) in [6.07, 6.45) is 0. The fourth-order valence-electron chi connectivity index (χ4n) is 2.09. The van der Waals surface area contributed by atoms with Crippen LogP contribution in [-0.2, 0) is 0 Å². The Labute approximate surface area is 117 Å². The van der Waals surface area contributed by atoms with Crippen LogP contribution >= 0.6 is 22.9 Å². The Morgan fingerprint density at radius 3 is 2.56 bits per heavy atom. The van der Waals surface area contributed by atoms with E-state index < -0.39 is 0 Å². The predicted octanol–water partition coefficient (Wildman–Crippen LogP) is 4.52. The van der Waals surface area contributed by atoms with Crippen molar-refractivity contribution in [2.45, 2.75) is 32.9 Å². The number of hydrogen-bond donors (Lipinski definition) is 1. The zero-order chi connectivity index (χ0) is 13.1. The highest BCUT2D eigenvalue weighted by molar-refractivity contribution is 7.09. The number of rotatable bonds is 4. The summed E-state index contributed by atoms with van der Waals surface area (Å²) in [6.45, 7) is 6.34. The van der Waals surface area contributed by atoms with Gasteiger partial charge in [-0.15, -0.1) is 11.3 Å². The standard InChI is InChI=1S/C14H17ClN2S/c1-9(12-6-4-5-7-13(12)15)17-11(3)14-10(2)16-8-18-14/h4-9,11,17H,1-3H3/t9-,11?/m0/s1. The van der Waals surface area contributed by atoms with Crippen molar-refractivity contribution in [3.8, 4) is 0 Å². The molecule has 0 amide bonds. The number of thiazole rings is 1. The Hall–Kier alpha value is -0.900. The molecular formula is C14H17ClN2S. The first-order chi connectivity index (χ1) is 8.59. The van der Waals surface area contributed by atoms with Crippen LogP contribution in [0.5, 0.6) is 0 Å². The molecule has 1 N–H and O–H groups in total. The van der Waals surface area contributed by atoms with Crippen molar-refractivity contribution in [2.24, 2.45) is 0 Å². The van der Waals surface area contributed by atoms with Gasteiger partial charge in [0.1, 0.15) is 0 Å². The van der Waals surface area contributed by atoms with Gasteiger partial charge in [0.25, 0.3) is 0 Å². The van der Waals surface area contributed by atoms with Crippen LogP contribution in [0.2, 0.25) is 5.02 Å². The van der Waals surface area contributed by atoms with Gasteiger partial charge < -0.3 is 5.32 Å². The fourth-order valence-corrected chi connectivity index (χ4v) is 3.21. The number of nitrogens with one attached hydrogen (secondary N) is 1. The Bertz CT molecular complexity index is 524. The molecule has 1 aromatic heterocycles. The molecule has 0 aliphatic rings. The molecule has 18 heavy (non-hydrogen) atoms. The van der Waals surface area contributed by atoms with Crippen LogP contribution in [0.25, 0.3) is 0 Å². The monoisotopic (exact) mass is 280 g/mol. The highest BCUT2D eigenvalue weighted by atomic mass is 35.5. The van der Waals surface area contributed by atoms with Gasteiger partial charge in [0, 0.05) is 22.0 Å². The predicted molar refractivity (Wildman–Crippen MR) is 78.3 cm³/mol. The summed E-state index contributed by atoms with van der Waals surface area (Å²) in [5.74, 6) is 0. The second-order valence-electron chi connectivity index (χ2n) is 4.43. The van der Waals surface area contributed by atoms with Crippen LogP contribution in [0.1, 0.15) is 42.1 Å². The quantitative estimate of drug-likeness (QED) is 0.891. The van der Waals surface area contributed by atoms with Gasteiger partial charge in [-0.2, -0.15) is 0 Å². The lowest BCUT2D eigenvalue weighted by Crippen LogP contribution is -2.22. The van der Waals surface area contributed by atoms with E-state index in [1.54, 1.807) is 11.3 Å². The van der Waals surface area contributed by atoms with Crippen molar-refractivity contribution in [2.75, 3.05) is 0 Å². The molecule has 96 valence electrons. The van der Waals surface area contributed by atoms with Gasteiger partial charge in [-0.3, -0.25) is 0 Å². The Kier molecular flexibility index (Phi) is 4.38. The SMILES string of the molecule is Cc1ncsc1C(C)N[C@@H](C)c1ccccc1Cl.